The summed E-state index contributed by atoms with van der Waals surface area (Å²) in [7, 11) is -2.21. The lowest BCUT2D eigenvalue weighted by atomic mass is 9.97. The first-order valence-corrected chi connectivity index (χ1v) is 7.72. The molecule has 0 saturated heterocycles. The van der Waals surface area contributed by atoms with E-state index in [9.17, 15) is 13.2 Å². The highest BCUT2D eigenvalue weighted by atomic mass is 35.5. The fourth-order valence-corrected chi connectivity index (χ4v) is 4.42. The average Bonchev–Trinajstić information content (AvgIpc) is 2.35. The molecule has 0 fully saturated rings. The molecule has 0 aromatic heterocycles. The Hall–Kier alpha value is -1.60. The highest BCUT2D eigenvalue weighted by molar-refractivity contribution is 7.91. The Bertz CT molecular complexity index is 724. The SMILES string of the molecule is CON=C1CCS(=O)(=O)c2c(Cl)cc(C(=O)O)c(C)c21. The van der Waals surface area contributed by atoms with Crippen molar-refractivity contribution in [3.8, 4) is 0 Å². The molecule has 0 aliphatic carbocycles. The topological polar surface area (TPSA) is 93.0 Å². The molecule has 1 aromatic rings. The summed E-state index contributed by atoms with van der Waals surface area (Å²) in [6.07, 6.45) is 0.156. The fraction of sp³-hybridized carbons (Fsp3) is 0.333. The third-order valence-corrected chi connectivity index (χ3v) is 5.33. The van der Waals surface area contributed by atoms with Gasteiger partial charge in [-0.15, -0.1) is 0 Å². The lowest BCUT2D eigenvalue weighted by Gasteiger charge is -2.22. The molecule has 0 atom stereocenters. The molecule has 1 N–H and O–H groups in total. The molecule has 6 nitrogen and oxygen atoms in total. The van der Waals surface area contributed by atoms with Crippen molar-refractivity contribution in [2.75, 3.05) is 12.9 Å². The van der Waals surface area contributed by atoms with E-state index in [4.69, 9.17) is 21.5 Å². The molecule has 0 amide bonds. The van der Waals surface area contributed by atoms with Crippen LogP contribution >= 0.6 is 11.6 Å². The third kappa shape index (κ3) is 2.27. The number of sulfone groups is 1. The van der Waals surface area contributed by atoms with E-state index in [1.54, 1.807) is 0 Å². The van der Waals surface area contributed by atoms with Crippen LogP contribution in [0.3, 0.4) is 0 Å². The monoisotopic (exact) mass is 317 g/mol. The summed E-state index contributed by atoms with van der Waals surface area (Å²) >= 11 is 5.98. The van der Waals surface area contributed by atoms with Crippen LogP contribution in [0.1, 0.15) is 27.9 Å². The van der Waals surface area contributed by atoms with Crippen LogP contribution in [0.15, 0.2) is 16.1 Å². The average molecular weight is 318 g/mol. The van der Waals surface area contributed by atoms with E-state index < -0.39 is 15.8 Å². The molecule has 1 aliphatic heterocycles. The van der Waals surface area contributed by atoms with Gasteiger partial charge in [0.15, 0.2) is 9.84 Å². The first kappa shape index (κ1) is 14.8. The van der Waals surface area contributed by atoms with Crippen LogP contribution in [0.2, 0.25) is 5.02 Å². The molecule has 108 valence electrons. The van der Waals surface area contributed by atoms with Crippen molar-refractivity contribution in [1.29, 1.82) is 0 Å². The van der Waals surface area contributed by atoms with Crippen LogP contribution in [0.4, 0.5) is 0 Å². The molecular formula is C12H12ClNO5S. The van der Waals surface area contributed by atoms with Gasteiger partial charge < -0.3 is 9.94 Å². The number of nitrogens with zero attached hydrogens (tertiary/aromatic N) is 1. The van der Waals surface area contributed by atoms with Crippen molar-refractivity contribution in [1.82, 2.24) is 0 Å². The van der Waals surface area contributed by atoms with E-state index in [0.29, 0.717) is 11.3 Å². The van der Waals surface area contributed by atoms with Gasteiger partial charge in [-0.2, -0.15) is 0 Å². The standard InChI is InChI=1S/C12H12ClNO5S/c1-6-7(12(15)16)5-8(13)11-10(6)9(14-19-2)3-4-20(11,17)18/h5H,3-4H2,1-2H3,(H,15,16). The van der Waals surface area contributed by atoms with Crippen molar-refractivity contribution in [2.24, 2.45) is 5.16 Å². The molecule has 0 saturated carbocycles. The zero-order chi connectivity index (χ0) is 15.1. The minimum Gasteiger partial charge on any atom is -0.478 e. The largest absolute Gasteiger partial charge is 0.478 e. The number of carboxylic acid groups (broad SMARTS) is 1. The quantitative estimate of drug-likeness (QED) is 0.840. The van der Waals surface area contributed by atoms with E-state index in [2.05, 4.69) is 5.16 Å². The molecule has 0 radical (unpaired) electrons. The molecule has 0 bridgehead atoms. The van der Waals surface area contributed by atoms with Gasteiger partial charge in [-0.1, -0.05) is 16.8 Å². The molecule has 8 heteroatoms. The highest BCUT2D eigenvalue weighted by Gasteiger charge is 2.34. The fourth-order valence-electron chi connectivity index (χ4n) is 2.26. The number of benzene rings is 1. The summed E-state index contributed by atoms with van der Waals surface area (Å²) in [6, 6.07) is 1.16. The van der Waals surface area contributed by atoms with Crippen LogP contribution in [-0.2, 0) is 14.7 Å². The molecule has 1 aromatic carbocycles. The Morgan fingerprint density at radius 2 is 2.15 bits per heavy atom. The van der Waals surface area contributed by atoms with E-state index >= 15 is 0 Å². The van der Waals surface area contributed by atoms with Gasteiger partial charge in [0.05, 0.1) is 26.9 Å². The van der Waals surface area contributed by atoms with Crippen molar-refractivity contribution in [2.45, 2.75) is 18.2 Å². The molecule has 0 unspecified atom stereocenters. The molecule has 20 heavy (non-hydrogen) atoms. The summed E-state index contributed by atoms with van der Waals surface area (Å²) in [5.74, 6) is -1.31. The number of fused-ring (bicyclic) bond motifs is 1. The van der Waals surface area contributed by atoms with Crippen LogP contribution in [0.5, 0.6) is 0 Å². The molecular weight excluding hydrogens is 306 g/mol. The summed E-state index contributed by atoms with van der Waals surface area (Å²) < 4.78 is 24.3. The maximum Gasteiger partial charge on any atom is 0.336 e. The predicted octanol–water partition coefficient (Wildman–Crippen LogP) is 1.87. The summed E-state index contributed by atoms with van der Waals surface area (Å²) in [5, 5.41) is 12.8. The van der Waals surface area contributed by atoms with Crippen molar-refractivity contribution in [3.63, 3.8) is 0 Å². The summed E-state index contributed by atoms with van der Waals surface area (Å²) in [6.45, 7) is 1.53. The number of aromatic carboxylic acids is 1. The van der Waals surface area contributed by atoms with E-state index in [0.717, 1.165) is 6.07 Å². The number of halogens is 1. The Morgan fingerprint density at radius 1 is 1.50 bits per heavy atom. The van der Waals surface area contributed by atoms with Crippen molar-refractivity contribution < 1.29 is 23.2 Å². The van der Waals surface area contributed by atoms with Gasteiger partial charge >= 0.3 is 5.97 Å². The summed E-state index contributed by atoms with van der Waals surface area (Å²) in [5.41, 5.74) is 0.897. The van der Waals surface area contributed by atoms with Gasteiger partial charge in [-0.3, -0.25) is 0 Å². The Labute approximate surface area is 120 Å². The second-order valence-corrected chi connectivity index (χ2v) is 6.78. The number of carbonyl (C=O) groups is 1. The van der Waals surface area contributed by atoms with Gasteiger partial charge in [0.1, 0.15) is 7.11 Å². The van der Waals surface area contributed by atoms with E-state index in [-0.39, 0.29) is 33.2 Å². The number of rotatable bonds is 2. The van der Waals surface area contributed by atoms with Gasteiger partial charge in [-0.25, -0.2) is 13.2 Å². The van der Waals surface area contributed by atoms with Crippen LogP contribution < -0.4 is 0 Å². The first-order chi connectivity index (χ1) is 9.29. The third-order valence-electron chi connectivity index (χ3n) is 3.13. The summed E-state index contributed by atoms with van der Waals surface area (Å²) in [4.78, 5) is 15.8. The number of carboxylic acids is 1. The first-order valence-electron chi connectivity index (χ1n) is 5.69. The lowest BCUT2D eigenvalue weighted by Crippen LogP contribution is -2.25. The van der Waals surface area contributed by atoms with E-state index in [1.807, 2.05) is 0 Å². The minimum atomic E-state index is -3.55. The molecule has 2 rings (SSSR count). The molecule has 0 spiro atoms. The lowest BCUT2D eigenvalue weighted by molar-refractivity contribution is 0.0696. The smallest absolute Gasteiger partial charge is 0.336 e. The Balaban J connectivity index is 2.91. The minimum absolute atomic E-state index is 0.0466. The van der Waals surface area contributed by atoms with Crippen molar-refractivity contribution in [3.05, 3.63) is 27.8 Å². The maximum absolute atomic E-state index is 12.1. The zero-order valence-electron chi connectivity index (χ0n) is 10.8. The number of hydrogen-bond acceptors (Lipinski definition) is 5. The maximum atomic E-state index is 12.1. The second kappa shape index (κ2) is 5.06. The van der Waals surface area contributed by atoms with Crippen LogP contribution in [0, 0.1) is 6.92 Å². The Kier molecular flexibility index (Phi) is 3.75. The zero-order valence-corrected chi connectivity index (χ0v) is 12.4. The number of oxime groups is 1. The molecule has 1 aliphatic rings. The van der Waals surface area contributed by atoms with Crippen molar-refractivity contribution >= 4 is 33.1 Å². The highest BCUT2D eigenvalue weighted by Crippen LogP contribution is 2.36. The molecule has 1 heterocycles. The normalized spacial score (nSPS) is 18.6. The van der Waals surface area contributed by atoms with E-state index in [1.165, 1.54) is 14.0 Å². The van der Waals surface area contributed by atoms with Gasteiger partial charge in [0, 0.05) is 12.0 Å². The Morgan fingerprint density at radius 3 is 2.70 bits per heavy atom. The van der Waals surface area contributed by atoms with Gasteiger partial charge in [-0.05, 0) is 18.6 Å². The van der Waals surface area contributed by atoms with Gasteiger partial charge in [0.2, 0.25) is 0 Å². The van der Waals surface area contributed by atoms with Crippen LogP contribution in [0.25, 0.3) is 0 Å². The number of hydrogen-bond donors (Lipinski definition) is 1. The predicted molar refractivity (Wildman–Crippen MR) is 73.4 cm³/mol. The van der Waals surface area contributed by atoms with Gasteiger partial charge in [0.25, 0.3) is 0 Å². The second-order valence-electron chi connectivity index (χ2n) is 4.33. The van der Waals surface area contributed by atoms with Crippen LogP contribution in [-0.4, -0.2) is 38.1 Å².